The highest BCUT2D eigenvalue weighted by atomic mass is 19.1. The lowest BCUT2D eigenvalue weighted by Crippen LogP contribution is -1.90. The molecule has 0 saturated carbocycles. The van der Waals surface area contributed by atoms with E-state index in [0.29, 0.717) is 0 Å². The number of nitro benzene ring substituents is 1. The molecule has 0 saturated heterocycles. The number of rotatable bonds is 2. The van der Waals surface area contributed by atoms with Crippen molar-refractivity contribution in [2.45, 2.75) is 13.3 Å². The Balaban J connectivity index is 0.000000364. The van der Waals surface area contributed by atoms with Gasteiger partial charge in [0.2, 0.25) is 5.82 Å². The number of benzene rings is 1. The first-order valence-electron chi connectivity index (χ1n) is 4.13. The minimum Gasteiger partial charge on any atom is -0.258 e. The van der Waals surface area contributed by atoms with E-state index in [1.807, 2.05) is 6.08 Å². The molecule has 0 atom stereocenters. The molecule has 0 fully saturated rings. The van der Waals surface area contributed by atoms with E-state index in [4.69, 9.17) is 0 Å². The first-order valence-corrected chi connectivity index (χ1v) is 4.13. The van der Waals surface area contributed by atoms with E-state index < -0.39 is 16.4 Å². The normalized spacial score (nSPS) is 8.43. The van der Waals surface area contributed by atoms with Crippen LogP contribution < -0.4 is 0 Å². The monoisotopic (exact) mass is 197 g/mol. The van der Waals surface area contributed by atoms with Gasteiger partial charge in [-0.2, -0.15) is 4.39 Å². The number of allylic oxidation sites excluding steroid dienone is 1. The fourth-order valence-electron chi connectivity index (χ4n) is 0.600. The summed E-state index contributed by atoms with van der Waals surface area (Å²) < 4.78 is 12.4. The van der Waals surface area contributed by atoms with E-state index in [1.54, 1.807) is 0 Å². The molecule has 14 heavy (non-hydrogen) atoms. The largest absolute Gasteiger partial charge is 0.304 e. The lowest BCUT2D eigenvalue weighted by molar-refractivity contribution is -0.387. The van der Waals surface area contributed by atoms with Crippen molar-refractivity contribution in [3.05, 3.63) is 52.9 Å². The number of hydrogen-bond acceptors (Lipinski definition) is 2. The first-order chi connectivity index (χ1) is 6.63. The Labute approximate surface area is 82.0 Å². The lowest BCUT2D eigenvalue weighted by Gasteiger charge is -1.89. The fourth-order valence-corrected chi connectivity index (χ4v) is 0.600. The summed E-state index contributed by atoms with van der Waals surface area (Å²) in [6.45, 7) is 5.54. The van der Waals surface area contributed by atoms with Crippen LogP contribution in [0.1, 0.15) is 13.3 Å². The van der Waals surface area contributed by atoms with Crippen LogP contribution in [0.5, 0.6) is 0 Å². The molecule has 0 bridgehead atoms. The van der Waals surface area contributed by atoms with Gasteiger partial charge in [-0.15, -0.1) is 6.58 Å². The molecule has 0 unspecified atom stereocenters. The minimum atomic E-state index is -0.799. The quantitative estimate of drug-likeness (QED) is 0.414. The molecule has 3 nitrogen and oxygen atoms in total. The maximum absolute atomic E-state index is 12.4. The Morgan fingerprint density at radius 2 is 2.07 bits per heavy atom. The predicted molar refractivity (Wildman–Crippen MR) is 53.5 cm³/mol. The standard InChI is InChI=1S/C6H4FNO2.C4H8/c7-5-3-1-2-4-6(5)8(9)10;1-3-4-2/h1-4H;3H,1,4H2,2H3. The van der Waals surface area contributed by atoms with Crippen LogP contribution in [0.3, 0.4) is 0 Å². The molecule has 1 rings (SSSR count). The molecule has 0 spiro atoms. The molecule has 0 heterocycles. The summed E-state index contributed by atoms with van der Waals surface area (Å²) in [5.74, 6) is -0.799. The van der Waals surface area contributed by atoms with Crippen molar-refractivity contribution in [2.75, 3.05) is 0 Å². The maximum Gasteiger partial charge on any atom is 0.304 e. The van der Waals surface area contributed by atoms with Gasteiger partial charge in [0, 0.05) is 6.07 Å². The van der Waals surface area contributed by atoms with Gasteiger partial charge in [0.05, 0.1) is 4.92 Å². The van der Waals surface area contributed by atoms with Crippen molar-refractivity contribution in [3.63, 3.8) is 0 Å². The number of nitrogens with zero attached hydrogens (tertiary/aromatic N) is 1. The highest BCUT2D eigenvalue weighted by Gasteiger charge is 2.10. The SMILES string of the molecule is C=CCC.O=[N+]([O-])c1ccccc1F. The third kappa shape index (κ3) is 4.35. The molecular formula is C10H12FNO2. The van der Waals surface area contributed by atoms with Crippen molar-refractivity contribution in [3.8, 4) is 0 Å². The molecule has 4 heteroatoms. The average Bonchev–Trinajstić information content (AvgIpc) is 2.18. The highest BCUT2D eigenvalue weighted by Crippen LogP contribution is 2.14. The highest BCUT2D eigenvalue weighted by molar-refractivity contribution is 5.30. The number of hydrogen-bond donors (Lipinski definition) is 0. The molecular weight excluding hydrogens is 185 g/mol. The van der Waals surface area contributed by atoms with Crippen LogP contribution in [0.4, 0.5) is 10.1 Å². The summed E-state index contributed by atoms with van der Waals surface area (Å²) in [5.41, 5.74) is -0.484. The van der Waals surface area contributed by atoms with Gasteiger partial charge in [-0.3, -0.25) is 10.1 Å². The van der Waals surface area contributed by atoms with Gasteiger partial charge in [0.1, 0.15) is 0 Å². The topological polar surface area (TPSA) is 43.1 Å². The van der Waals surface area contributed by atoms with E-state index in [9.17, 15) is 14.5 Å². The third-order valence-corrected chi connectivity index (χ3v) is 1.34. The molecule has 0 aliphatic heterocycles. The molecule has 0 aliphatic rings. The summed E-state index contributed by atoms with van der Waals surface area (Å²) in [6, 6.07) is 5.00. The summed E-state index contributed by atoms with van der Waals surface area (Å²) in [6.07, 6.45) is 2.96. The number of para-hydroxylation sites is 1. The summed E-state index contributed by atoms with van der Waals surface area (Å²) in [7, 11) is 0. The second-order valence-electron chi connectivity index (χ2n) is 2.41. The Hall–Kier alpha value is -1.71. The van der Waals surface area contributed by atoms with Crippen LogP contribution in [0.25, 0.3) is 0 Å². The maximum atomic E-state index is 12.4. The fraction of sp³-hybridized carbons (Fsp3) is 0.200. The molecule has 0 N–H and O–H groups in total. The van der Waals surface area contributed by atoms with Crippen LogP contribution in [0, 0.1) is 15.9 Å². The molecule has 0 aliphatic carbocycles. The smallest absolute Gasteiger partial charge is 0.258 e. The number of halogens is 1. The van der Waals surface area contributed by atoms with Crippen LogP contribution in [0.15, 0.2) is 36.9 Å². The summed E-state index contributed by atoms with van der Waals surface area (Å²) in [5, 5.41) is 9.99. The van der Waals surface area contributed by atoms with E-state index in [0.717, 1.165) is 18.6 Å². The first kappa shape index (κ1) is 12.3. The zero-order valence-corrected chi connectivity index (χ0v) is 7.94. The second-order valence-corrected chi connectivity index (χ2v) is 2.41. The zero-order chi connectivity index (χ0) is 11.0. The summed E-state index contributed by atoms with van der Waals surface area (Å²) >= 11 is 0. The van der Waals surface area contributed by atoms with Gasteiger partial charge in [0.15, 0.2) is 0 Å². The Bertz CT molecular complexity index is 313. The van der Waals surface area contributed by atoms with E-state index in [1.165, 1.54) is 12.1 Å². The summed E-state index contributed by atoms with van der Waals surface area (Å²) in [4.78, 5) is 9.23. The predicted octanol–water partition coefficient (Wildman–Crippen LogP) is 3.32. The van der Waals surface area contributed by atoms with Gasteiger partial charge in [-0.05, 0) is 12.5 Å². The molecule has 0 radical (unpaired) electrons. The molecule has 0 aromatic heterocycles. The minimum absolute atomic E-state index is 0.484. The van der Waals surface area contributed by atoms with E-state index >= 15 is 0 Å². The lowest BCUT2D eigenvalue weighted by atomic mass is 10.3. The van der Waals surface area contributed by atoms with Gasteiger partial charge >= 0.3 is 5.69 Å². The van der Waals surface area contributed by atoms with Gasteiger partial charge in [-0.25, -0.2) is 0 Å². The van der Waals surface area contributed by atoms with Crippen molar-refractivity contribution in [2.24, 2.45) is 0 Å². The van der Waals surface area contributed by atoms with Gasteiger partial charge in [-0.1, -0.05) is 25.1 Å². The van der Waals surface area contributed by atoms with Crippen molar-refractivity contribution in [1.29, 1.82) is 0 Å². The van der Waals surface area contributed by atoms with Gasteiger partial charge in [0.25, 0.3) is 0 Å². The van der Waals surface area contributed by atoms with Crippen LogP contribution in [-0.2, 0) is 0 Å². The van der Waals surface area contributed by atoms with E-state index in [-0.39, 0.29) is 0 Å². The third-order valence-electron chi connectivity index (χ3n) is 1.34. The molecule has 76 valence electrons. The second kappa shape index (κ2) is 6.77. The Morgan fingerprint density at radius 3 is 2.36 bits per heavy atom. The zero-order valence-electron chi connectivity index (χ0n) is 7.94. The average molecular weight is 197 g/mol. The van der Waals surface area contributed by atoms with Crippen molar-refractivity contribution < 1.29 is 9.31 Å². The van der Waals surface area contributed by atoms with Gasteiger partial charge < -0.3 is 0 Å². The van der Waals surface area contributed by atoms with Crippen LogP contribution >= 0.6 is 0 Å². The van der Waals surface area contributed by atoms with Crippen molar-refractivity contribution in [1.82, 2.24) is 0 Å². The molecule has 1 aromatic rings. The Morgan fingerprint density at radius 1 is 1.57 bits per heavy atom. The number of nitro groups is 1. The van der Waals surface area contributed by atoms with Crippen LogP contribution in [0.2, 0.25) is 0 Å². The Kier molecular flexibility index (Phi) is 5.94. The van der Waals surface area contributed by atoms with Crippen molar-refractivity contribution >= 4 is 5.69 Å². The molecule has 1 aromatic carbocycles. The van der Waals surface area contributed by atoms with E-state index in [2.05, 4.69) is 13.5 Å². The molecule has 0 amide bonds. The van der Waals surface area contributed by atoms with Crippen LogP contribution in [-0.4, -0.2) is 4.92 Å².